The van der Waals surface area contributed by atoms with Gasteiger partial charge in [0.2, 0.25) is 5.91 Å². The zero-order chi connectivity index (χ0) is 21.5. The molecular weight excluding hydrogens is 450 g/mol. The molecule has 6 nitrogen and oxygen atoms in total. The summed E-state index contributed by atoms with van der Waals surface area (Å²) in [6.07, 6.45) is 1.68. The molecular formula is C20H17Cl2FN4O2S. The Hall–Kier alpha value is -2.55. The summed E-state index contributed by atoms with van der Waals surface area (Å²) >= 11 is 13.3. The number of rotatable bonds is 9. The molecule has 0 fully saturated rings. The average molecular weight is 467 g/mol. The Balaban J connectivity index is 1.65. The molecule has 0 radical (unpaired) electrons. The summed E-state index contributed by atoms with van der Waals surface area (Å²) < 4.78 is 21.2. The minimum absolute atomic E-state index is 0.0323. The molecule has 0 saturated carbocycles. The van der Waals surface area contributed by atoms with Gasteiger partial charge < -0.3 is 10.1 Å². The highest BCUT2D eigenvalue weighted by Crippen LogP contribution is 2.28. The third-order valence-electron chi connectivity index (χ3n) is 3.84. The number of amides is 1. The number of ether oxygens (including phenoxy) is 1. The van der Waals surface area contributed by atoms with Crippen LogP contribution in [0, 0.1) is 5.82 Å². The summed E-state index contributed by atoms with van der Waals surface area (Å²) in [7, 11) is 0. The van der Waals surface area contributed by atoms with E-state index in [1.807, 2.05) is 0 Å². The standard InChI is InChI=1S/C20H17Cl2FN4O2S/c1-2-9-27-18(11-29-17-10-13(21)7-8-14(17)22)25-26-20(27)30-12-19(28)24-16-6-4-3-5-15(16)23/h2-8,10H,1,9,11-12H2,(H,24,28). The van der Waals surface area contributed by atoms with E-state index in [4.69, 9.17) is 27.9 Å². The number of aromatic nitrogens is 3. The quantitative estimate of drug-likeness (QED) is 0.345. The summed E-state index contributed by atoms with van der Waals surface area (Å²) in [5.41, 5.74) is 0.128. The molecule has 2 aromatic carbocycles. The molecule has 0 unspecified atom stereocenters. The van der Waals surface area contributed by atoms with E-state index in [1.54, 1.807) is 41.0 Å². The Labute approximate surface area is 187 Å². The fourth-order valence-corrected chi connectivity index (χ4v) is 3.55. The van der Waals surface area contributed by atoms with E-state index in [0.29, 0.717) is 33.3 Å². The lowest BCUT2D eigenvalue weighted by Gasteiger charge is -2.10. The number of allylic oxidation sites excluding steroid dienone is 1. The van der Waals surface area contributed by atoms with Crippen LogP contribution in [0.25, 0.3) is 0 Å². The van der Waals surface area contributed by atoms with Gasteiger partial charge in [0.15, 0.2) is 11.0 Å². The molecule has 0 bridgehead atoms. The van der Waals surface area contributed by atoms with Gasteiger partial charge in [-0.2, -0.15) is 0 Å². The number of carbonyl (C=O) groups is 1. The average Bonchev–Trinajstić information content (AvgIpc) is 3.11. The zero-order valence-electron chi connectivity index (χ0n) is 15.6. The number of anilines is 1. The van der Waals surface area contributed by atoms with Gasteiger partial charge in [-0.3, -0.25) is 9.36 Å². The molecule has 3 aromatic rings. The SMILES string of the molecule is C=CCn1c(COc2cc(Cl)ccc2Cl)nnc1SCC(=O)Nc1ccccc1F. The van der Waals surface area contributed by atoms with Crippen LogP contribution in [0.2, 0.25) is 10.0 Å². The topological polar surface area (TPSA) is 69.0 Å². The molecule has 1 heterocycles. The molecule has 0 spiro atoms. The molecule has 3 rings (SSSR count). The first-order chi connectivity index (χ1) is 14.5. The first-order valence-electron chi connectivity index (χ1n) is 8.76. The normalized spacial score (nSPS) is 10.6. The first-order valence-corrected chi connectivity index (χ1v) is 10.5. The summed E-state index contributed by atoms with van der Waals surface area (Å²) in [5, 5.41) is 12.2. The van der Waals surface area contributed by atoms with Gasteiger partial charge >= 0.3 is 0 Å². The third kappa shape index (κ3) is 5.75. The fraction of sp³-hybridized carbons (Fsp3) is 0.150. The highest BCUT2D eigenvalue weighted by molar-refractivity contribution is 7.99. The van der Waals surface area contributed by atoms with Crippen molar-refractivity contribution in [3.8, 4) is 5.75 Å². The minimum Gasteiger partial charge on any atom is -0.484 e. The second-order valence-electron chi connectivity index (χ2n) is 5.98. The van der Waals surface area contributed by atoms with E-state index < -0.39 is 5.82 Å². The van der Waals surface area contributed by atoms with Crippen molar-refractivity contribution in [1.82, 2.24) is 14.8 Å². The van der Waals surface area contributed by atoms with Crippen molar-refractivity contribution in [2.75, 3.05) is 11.1 Å². The van der Waals surface area contributed by atoms with Crippen LogP contribution in [0.3, 0.4) is 0 Å². The van der Waals surface area contributed by atoms with Crippen LogP contribution in [0.5, 0.6) is 5.75 Å². The van der Waals surface area contributed by atoms with E-state index in [2.05, 4.69) is 22.1 Å². The number of benzene rings is 2. The fourth-order valence-electron chi connectivity index (χ4n) is 2.45. The summed E-state index contributed by atoms with van der Waals surface area (Å²) in [6, 6.07) is 10.9. The van der Waals surface area contributed by atoms with Crippen LogP contribution in [0.4, 0.5) is 10.1 Å². The van der Waals surface area contributed by atoms with Crippen molar-refractivity contribution in [3.63, 3.8) is 0 Å². The van der Waals surface area contributed by atoms with Crippen LogP contribution >= 0.6 is 35.0 Å². The smallest absolute Gasteiger partial charge is 0.234 e. The van der Waals surface area contributed by atoms with Gasteiger partial charge in [-0.15, -0.1) is 16.8 Å². The maximum Gasteiger partial charge on any atom is 0.234 e. The Kier molecular flexibility index (Phi) is 7.73. The van der Waals surface area contributed by atoms with E-state index in [9.17, 15) is 9.18 Å². The van der Waals surface area contributed by atoms with Gasteiger partial charge in [0.1, 0.15) is 18.2 Å². The molecule has 10 heteroatoms. The number of hydrogen-bond acceptors (Lipinski definition) is 5. The van der Waals surface area contributed by atoms with Crippen molar-refractivity contribution in [3.05, 3.63) is 76.8 Å². The second kappa shape index (κ2) is 10.5. The Morgan fingerprint density at radius 3 is 2.83 bits per heavy atom. The van der Waals surface area contributed by atoms with Gasteiger partial charge in [0, 0.05) is 17.6 Å². The van der Waals surface area contributed by atoms with E-state index in [-0.39, 0.29) is 24.0 Å². The van der Waals surface area contributed by atoms with E-state index in [1.165, 1.54) is 23.9 Å². The summed E-state index contributed by atoms with van der Waals surface area (Å²) in [6.45, 7) is 4.26. The summed E-state index contributed by atoms with van der Waals surface area (Å²) in [4.78, 5) is 12.2. The summed E-state index contributed by atoms with van der Waals surface area (Å²) in [5.74, 6) is 0.134. The molecule has 1 N–H and O–H groups in total. The molecule has 0 saturated heterocycles. The first kappa shape index (κ1) is 22.1. The van der Waals surface area contributed by atoms with E-state index >= 15 is 0 Å². The van der Waals surface area contributed by atoms with Gasteiger partial charge in [-0.25, -0.2) is 4.39 Å². The molecule has 1 amide bonds. The molecule has 0 aliphatic heterocycles. The zero-order valence-corrected chi connectivity index (χ0v) is 18.0. The third-order valence-corrected chi connectivity index (χ3v) is 5.35. The van der Waals surface area contributed by atoms with Crippen LogP contribution in [0.15, 0.2) is 60.3 Å². The lowest BCUT2D eigenvalue weighted by molar-refractivity contribution is -0.113. The molecule has 30 heavy (non-hydrogen) atoms. The number of thioether (sulfide) groups is 1. The number of halogens is 3. The molecule has 1 aromatic heterocycles. The van der Waals surface area contributed by atoms with Crippen molar-refractivity contribution in [1.29, 1.82) is 0 Å². The number of nitrogens with zero attached hydrogens (tertiary/aromatic N) is 3. The lowest BCUT2D eigenvalue weighted by atomic mass is 10.3. The van der Waals surface area contributed by atoms with Gasteiger partial charge in [0.05, 0.1) is 16.5 Å². The van der Waals surface area contributed by atoms with E-state index in [0.717, 1.165) is 0 Å². The van der Waals surface area contributed by atoms with Crippen LogP contribution in [0.1, 0.15) is 5.82 Å². The van der Waals surface area contributed by atoms with Gasteiger partial charge in [-0.05, 0) is 24.3 Å². The number of para-hydroxylation sites is 1. The maximum absolute atomic E-state index is 13.7. The molecule has 0 aliphatic rings. The highest BCUT2D eigenvalue weighted by Gasteiger charge is 2.15. The molecule has 0 atom stereocenters. The van der Waals surface area contributed by atoms with Crippen LogP contribution in [-0.2, 0) is 17.9 Å². The Morgan fingerprint density at radius 1 is 1.27 bits per heavy atom. The largest absolute Gasteiger partial charge is 0.484 e. The molecule has 156 valence electrons. The van der Waals surface area contributed by atoms with Crippen molar-refractivity contribution < 1.29 is 13.9 Å². The number of nitrogens with one attached hydrogen (secondary N) is 1. The van der Waals surface area contributed by atoms with Crippen molar-refractivity contribution >= 4 is 46.6 Å². The van der Waals surface area contributed by atoms with Crippen LogP contribution < -0.4 is 10.1 Å². The number of carbonyl (C=O) groups excluding carboxylic acids is 1. The number of hydrogen-bond donors (Lipinski definition) is 1. The maximum atomic E-state index is 13.7. The Bertz CT molecular complexity index is 1060. The molecule has 0 aliphatic carbocycles. The monoisotopic (exact) mass is 466 g/mol. The predicted octanol–water partition coefficient (Wildman–Crippen LogP) is 5.22. The van der Waals surface area contributed by atoms with Crippen molar-refractivity contribution in [2.24, 2.45) is 0 Å². The van der Waals surface area contributed by atoms with Crippen LogP contribution in [-0.4, -0.2) is 26.4 Å². The second-order valence-corrected chi connectivity index (χ2v) is 7.76. The minimum atomic E-state index is -0.496. The Morgan fingerprint density at radius 2 is 2.07 bits per heavy atom. The lowest BCUT2D eigenvalue weighted by Crippen LogP contribution is -2.15. The van der Waals surface area contributed by atoms with Gasteiger partial charge in [0.25, 0.3) is 0 Å². The van der Waals surface area contributed by atoms with Crippen molar-refractivity contribution in [2.45, 2.75) is 18.3 Å². The predicted molar refractivity (Wildman–Crippen MR) is 117 cm³/mol. The highest BCUT2D eigenvalue weighted by atomic mass is 35.5. The van der Waals surface area contributed by atoms with Gasteiger partial charge in [-0.1, -0.05) is 53.2 Å².